The van der Waals surface area contributed by atoms with Crippen LogP contribution in [0.3, 0.4) is 0 Å². The Morgan fingerprint density at radius 1 is 1.14 bits per heavy atom. The maximum Gasteiger partial charge on any atom is 0.326 e. The van der Waals surface area contributed by atoms with Gasteiger partial charge in [-0.1, -0.05) is 39.5 Å². The minimum absolute atomic E-state index is 0.00332. The summed E-state index contributed by atoms with van der Waals surface area (Å²) in [6, 6.07) is -1.95. The van der Waals surface area contributed by atoms with Crippen molar-refractivity contribution in [3.05, 3.63) is 0 Å². The summed E-state index contributed by atoms with van der Waals surface area (Å²) in [5, 5.41) is 12.8. The van der Waals surface area contributed by atoms with Crippen LogP contribution < -0.4 is 5.32 Å². The first kappa shape index (κ1) is 23.6. The number of esters is 1. The van der Waals surface area contributed by atoms with Crippen molar-refractivity contribution in [2.24, 2.45) is 11.8 Å². The molecular weight excluding hydrogens is 372 g/mol. The van der Waals surface area contributed by atoms with E-state index in [0.29, 0.717) is 25.4 Å². The van der Waals surface area contributed by atoms with Gasteiger partial charge in [-0.2, -0.15) is 0 Å². The van der Waals surface area contributed by atoms with Crippen molar-refractivity contribution in [3.63, 3.8) is 0 Å². The van der Waals surface area contributed by atoms with Gasteiger partial charge in [0.25, 0.3) is 0 Å². The lowest BCUT2D eigenvalue weighted by Gasteiger charge is -2.35. The minimum Gasteiger partial charge on any atom is -0.480 e. The second-order valence-corrected chi connectivity index (χ2v) is 8.96. The number of likely N-dealkylation sites (tertiary alicyclic amines) is 1. The number of carbonyl (C=O) groups excluding carboxylic acids is 2. The molecule has 0 aromatic carbocycles. The molecule has 3 unspecified atom stereocenters. The fourth-order valence-electron chi connectivity index (χ4n) is 4.84. The van der Waals surface area contributed by atoms with Gasteiger partial charge in [-0.15, -0.1) is 0 Å². The molecular formula is C22H38N2O5. The Labute approximate surface area is 174 Å². The van der Waals surface area contributed by atoms with E-state index in [1.54, 1.807) is 18.7 Å². The van der Waals surface area contributed by atoms with Gasteiger partial charge >= 0.3 is 11.9 Å². The maximum absolute atomic E-state index is 13.3. The molecule has 0 radical (unpaired) electrons. The van der Waals surface area contributed by atoms with Gasteiger partial charge in [0.05, 0.1) is 12.6 Å². The molecule has 1 aliphatic heterocycles. The Morgan fingerprint density at radius 3 is 2.45 bits per heavy atom. The van der Waals surface area contributed by atoms with Crippen molar-refractivity contribution in [2.75, 3.05) is 6.61 Å². The second kappa shape index (κ2) is 11.0. The number of carboxylic acid groups (broad SMARTS) is 1. The summed E-state index contributed by atoms with van der Waals surface area (Å²) in [5.41, 5.74) is 0. The zero-order valence-corrected chi connectivity index (χ0v) is 18.4. The maximum atomic E-state index is 13.3. The molecule has 2 N–H and O–H groups in total. The van der Waals surface area contributed by atoms with Crippen molar-refractivity contribution >= 4 is 17.8 Å². The highest BCUT2D eigenvalue weighted by atomic mass is 16.5. The summed E-state index contributed by atoms with van der Waals surface area (Å²) < 4.78 is 5.19. The fraction of sp³-hybridized carbons (Fsp3) is 0.864. The predicted octanol–water partition coefficient (Wildman–Crippen LogP) is 2.97. The van der Waals surface area contributed by atoms with E-state index in [1.807, 2.05) is 0 Å². The SMILES string of the molecule is CCOC(=O)C(CCCC(C)C)N[C@@H](C)C(=O)N1C2CCCCC2C[C@H]1C(=O)O. The summed E-state index contributed by atoms with van der Waals surface area (Å²) in [6.45, 7) is 8.06. The Balaban J connectivity index is 2.07. The third-order valence-corrected chi connectivity index (χ3v) is 6.29. The van der Waals surface area contributed by atoms with Crippen molar-refractivity contribution in [2.45, 2.75) is 103 Å². The molecule has 2 aliphatic rings. The second-order valence-electron chi connectivity index (χ2n) is 8.96. The molecule has 0 aromatic rings. The number of carboxylic acids is 1. The molecule has 1 saturated heterocycles. The smallest absolute Gasteiger partial charge is 0.326 e. The van der Waals surface area contributed by atoms with Gasteiger partial charge in [0, 0.05) is 6.04 Å². The highest BCUT2D eigenvalue weighted by Crippen LogP contribution is 2.40. The van der Waals surface area contributed by atoms with Crippen molar-refractivity contribution in [3.8, 4) is 0 Å². The van der Waals surface area contributed by atoms with Crippen LogP contribution in [0.4, 0.5) is 0 Å². The third-order valence-electron chi connectivity index (χ3n) is 6.29. The van der Waals surface area contributed by atoms with Crippen LogP contribution in [0.25, 0.3) is 0 Å². The van der Waals surface area contributed by atoms with Crippen LogP contribution in [-0.4, -0.2) is 58.6 Å². The zero-order chi connectivity index (χ0) is 21.6. The van der Waals surface area contributed by atoms with Crippen molar-refractivity contribution < 1.29 is 24.2 Å². The molecule has 1 aliphatic carbocycles. The summed E-state index contributed by atoms with van der Waals surface area (Å²) in [7, 11) is 0. The summed E-state index contributed by atoms with van der Waals surface area (Å²) in [4.78, 5) is 39.1. The molecule has 166 valence electrons. The van der Waals surface area contributed by atoms with Gasteiger partial charge in [-0.05, 0) is 51.4 Å². The van der Waals surface area contributed by atoms with Crippen LogP contribution in [0.2, 0.25) is 0 Å². The number of aliphatic carboxylic acids is 1. The van der Waals surface area contributed by atoms with E-state index < -0.39 is 24.1 Å². The Hall–Kier alpha value is -1.63. The van der Waals surface area contributed by atoms with Crippen LogP contribution in [-0.2, 0) is 19.1 Å². The number of amides is 1. The van der Waals surface area contributed by atoms with Crippen molar-refractivity contribution in [1.29, 1.82) is 0 Å². The van der Waals surface area contributed by atoms with Gasteiger partial charge in [0.15, 0.2) is 0 Å². The van der Waals surface area contributed by atoms with E-state index in [4.69, 9.17) is 4.74 Å². The number of hydrogen-bond donors (Lipinski definition) is 2. The van der Waals surface area contributed by atoms with E-state index in [2.05, 4.69) is 19.2 Å². The third kappa shape index (κ3) is 6.17. The number of carbonyl (C=O) groups is 3. The standard InChI is InChI=1S/C22H38N2O5/c1-5-29-22(28)17(11-8-9-14(2)3)23-15(4)20(25)24-18-12-7-6-10-16(18)13-19(24)21(26)27/h14-19,23H,5-13H2,1-4H3,(H,26,27)/t15-,16?,17?,18?,19-/m0/s1. The number of ether oxygens (including phenoxy) is 1. The molecule has 2 rings (SSSR count). The van der Waals surface area contributed by atoms with Gasteiger partial charge in [-0.3, -0.25) is 14.9 Å². The fourth-order valence-corrected chi connectivity index (χ4v) is 4.84. The van der Waals surface area contributed by atoms with Crippen LogP contribution in [0, 0.1) is 11.8 Å². The Morgan fingerprint density at radius 2 is 1.83 bits per heavy atom. The lowest BCUT2D eigenvalue weighted by molar-refractivity contribution is -0.152. The highest BCUT2D eigenvalue weighted by molar-refractivity contribution is 5.88. The molecule has 0 spiro atoms. The summed E-state index contributed by atoms with van der Waals surface area (Å²) >= 11 is 0. The molecule has 5 atom stereocenters. The van der Waals surface area contributed by atoms with Gasteiger partial charge in [-0.25, -0.2) is 4.79 Å². The first-order valence-corrected chi connectivity index (χ1v) is 11.2. The normalized spacial score (nSPS) is 26.1. The molecule has 1 heterocycles. The van der Waals surface area contributed by atoms with E-state index >= 15 is 0 Å². The van der Waals surface area contributed by atoms with E-state index in [9.17, 15) is 19.5 Å². The van der Waals surface area contributed by atoms with Crippen LogP contribution in [0.1, 0.15) is 79.1 Å². The molecule has 2 fully saturated rings. The Kier molecular flexibility index (Phi) is 8.93. The predicted molar refractivity (Wildman–Crippen MR) is 110 cm³/mol. The zero-order valence-electron chi connectivity index (χ0n) is 18.4. The number of nitrogens with zero attached hydrogens (tertiary/aromatic N) is 1. The first-order valence-electron chi connectivity index (χ1n) is 11.2. The van der Waals surface area contributed by atoms with Crippen LogP contribution in [0.15, 0.2) is 0 Å². The highest BCUT2D eigenvalue weighted by Gasteiger charge is 2.48. The number of hydrogen-bond acceptors (Lipinski definition) is 5. The summed E-state index contributed by atoms with van der Waals surface area (Å²) in [6.07, 6.45) is 6.97. The molecule has 1 saturated carbocycles. The number of fused-ring (bicyclic) bond motifs is 1. The van der Waals surface area contributed by atoms with E-state index in [-0.39, 0.29) is 23.8 Å². The molecule has 7 heteroatoms. The molecule has 1 amide bonds. The average Bonchev–Trinajstić information content (AvgIpc) is 3.06. The lowest BCUT2D eigenvalue weighted by Crippen LogP contribution is -2.55. The Bertz CT molecular complexity index is 580. The molecule has 0 bridgehead atoms. The lowest BCUT2D eigenvalue weighted by atomic mass is 9.84. The number of rotatable bonds is 10. The molecule has 7 nitrogen and oxygen atoms in total. The monoisotopic (exact) mass is 410 g/mol. The topological polar surface area (TPSA) is 95.9 Å². The molecule has 29 heavy (non-hydrogen) atoms. The first-order chi connectivity index (χ1) is 13.8. The molecule has 0 aromatic heterocycles. The quantitative estimate of drug-likeness (QED) is 0.538. The van der Waals surface area contributed by atoms with Crippen LogP contribution >= 0.6 is 0 Å². The van der Waals surface area contributed by atoms with Gasteiger partial charge in [0.2, 0.25) is 5.91 Å². The minimum atomic E-state index is -0.932. The van der Waals surface area contributed by atoms with Crippen LogP contribution in [0.5, 0.6) is 0 Å². The van der Waals surface area contributed by atoms with Gasteiger partial charge in [0.1, 0.15) is 12.1 Å². The van der Waals surface area contributed by atoms with Crippen molar-refractivity contribution in [1.82, 2.24) is 10.2 Å². The van der Waals surface area contributed by atoms with E-state index in [0.717, 1.165) is 38.5 Å². The average molecular weight is 411 g/mol. The van der Waals surface area contributed by atoms with E-state index in [1.165, 1.54) is 0 Å². The largest absolute Gasteiger partial charge is 0.480 e. The van der Waals surface area contributed by atoms with Gasteiger partial charge < -0.3 is 14.7 Å². The number of nitrogens with one attached hydrogen (secondary N) is 1. The summed E-state index contributed by atoms with van der Waals surface area (Å²) in [5.74, 6) is -0.680.